The molecule has 0 fully saturated rings. The van der Waals surface area contributed by atoms with Crippen molar-refractivity contribution in [3.63, 3.8) is 0 Å². The molecule has 0 unspecified atom stereocenters. The lowest BCUT2D eigenvalue weighted by Crippen LogP contribution is -2.02. The number of hydrogen-bond acceptors (Lipinski definition) is 5. The Hall–Kier alpha value is -3.84. The standard InChI is InChI=1S/C16H9N5O2/c17-6-10-4-12(13(22)5-11(10)7-18)14-15(20-21-16(14)23)9-2-1-3-19-8-9/h1-5,8,22H,(H2,20,21,23). The van der Waals surface area contributed by atoms with Crippen LogP contribution in [0.25, 0.3) is 22.4 Å². The number of nitriles is 2. The van der Waals surface area contributed by atoms with Crippen molar-refractivity contribution in [1.82, 2.24) is 15.2 Å². The molecule has 0 amide bonds. The highest BCUT2D eigenvalue weighted by Crippen LogP contribution is 2.34. The molecule has 0 spiro atoms. The molecule has 2 aromatic heterocycles. The number of phenols is 1. The van der Waals surface area contributed by atoms with Crippen molar-refractivity contribution in [1.29, 1.82) is 10.5 Å². The zero-order valence-electron chi connectivity index (χ0n) is 11.7. The van der Waals surface area contributed by atoms with Crippen molar-refractivity contribution >= 4 is 0 Å². The van der Waals surface area contributed by atoms with Crippen LogP contribution < -0.4 is 5.56 Å². The first-order valence-electron chi connectivity index (χ1n) is 6.54. The van der Waals surface area contributed by atoms with Crippen LogP contribution in [0.1, 0.15) is 11.1 Å². The fourth-order valence-corrected chi connectivity index (χ4v) is 2.32. The molecule has 2 heterocycles. The van der Waals surface area contributed by atoms with E-state index in [1.165, 1.54) is 12.1 Å². The third-order valence-electron chi connectivity index (χ3n) is 3.37. The van der Waals surface area contributed by atoms with Gasteiger partial charge in [0.25, 0.3) is 5.56 Å². The van der Waals surface area contributed by atoms with E-state index in [0.717, 1.165) is 0 Å². The first kappa shape index (κ1) is 14.1. The fourth-order valence-electron chi connectivity index (χ4n) is 2.32. The smallest absolute Gasteiger partial charge is 0.272 e. The van der Waals surface area contributed by atoms with Crippen molar-refractivity contribution in [2.45, 2.75) is 0 Å². The van der Waals surface area contributed by atoms with Crippen LogP contribution in [-0.2, 0) is 0 Å². The van der Waals surface area contributed by atoms with E-state index in [2.05, 4.69) is 15.2 Å². The van der Waals surface area contributed by atoms with E-state index in [1.54, 1.807) is 24.5 Å². The molecule has 0 saturated heterocycles. The van der Waals surface area contributed by atoms with Gasteiger partial charge in [0.2, 0.25) is 0 Å². The summed E-state index contributed by atoms with van der Waals surface area (Å²) in [5.74, 6) is -0.254. The SMILES string of the molecule is N#Cc1cc(O)c(-c2c(-c3cccnc3)[nH][nH]c2=O)cc1C#N. The number of nitrogens with one attached hydrogen (secondary N) is 2. The van der Waals surface area contributed by atoms with Crippen LogP contribution >= 0.6 is 0 Å². The second kappa shape index (κ2) is 5.51. The van der Waals surface area contributed by atoms with Crippen LogP contribution in [0.2, 0.25) is 0 Å². The number of aromatic amines is 2. The number of rotatable bonds is 2. The van der Waals surface area contributed by atoms with Crippen molar-refractivity contribution in [2.75, 3.05) is 0 Å². The summed E-state index contributed by atoms with van der Waals surface area (Å²) in [6, 6.07) is 9.68. The van der Waals surface area contributed by atoms with Crippen molar-refractivity contribution in [3.05, 3.63) is 58.1 Å². The van der Waals surface area contributed by atoms with Crippen LogP contribution in [0.5, 0.6) is 5.75 Å². The second-order valence-corrected chi connectivity index (χ2v) is 4.71. The highest BCUT2D eigenvalue weighted by Gasteiger charge is 2.19. The Bertz CT molecular complexity index is 1020. The van der Waals surface area contributed by atoms with Gasteiger partial charge in [0.05, 0.1) is 22.4 Å². The predicted octanol–water partition coefficient (Wildman–Crippen LogP) is 1.88. The van der Waals surface area contributed by atoms with Gasteiger partial charge in [-0.3, -0.25) is 20.0 Å². The van der Waals surface area contributed by atoms with Gasteiger partial charge in [0.1, 0.15) is 17.9 Å². The lowest BCUT2D eigenvalue weighted by Gasteiger charge is -2.06. The summed E-state index contributed by atoms with van der Waals surface area (Å²) in [6.07, 6.45) is 3.16. The summed E-state index contributed by atoms with van der Waals surface area (Å²) >= 11 is 0. The normalized spacial score (nSPS) is 10.0. The van der Waals surface area contributed by atoms with Crippen molar-refractivity contribution < 1.29 is 5.11 Å². The van der Waals surface area contributed by atoms with E-state index >= 15 is 0 Å². The molecule has 0 aliphatic carbocycles. The number of hydrogen-bond donors (Lipinski definition) is 3. The molecule has 0 aliphatic heterocycles. The first-order chi connectivity index (χ1) is 11.2. The number of aromatic nitrogens is 3. The highest BCUT2D eigenvalue weighted by atomic mass is 16.3. The van der Waals surface area contributed by atoms with E-state index in [0.29, 0.717) is 11.3 Å². The topological polar surface area (TPSA) is 129 Å². The van der Waals surface area contributed by atoms with Gasteiger partial charge in [-0.05, 0) is 24.3 Å². The summed E-state index contributed by atoms with van der Waals surface area (Å²) in [4.78, 5) is 16.1. The Kier molecular flexibility index (Phi) is 3.38. The molecular formula is C16H9N5O2. The Morgan fingerprint density at radius 3 is 2.52 bits per heavy atom. The third kappa shape index (κ3) is 2.33. The van der Waals surface area contributed by atoms with Crippen molar-refractivity contribution in [3.8, 4) is 40.3 Å². The Balaban J connectivity index is 2.30. The van der Waals surface area contributed by atoms with Gasteiger partial charge < -0.3 is 5.11 Å². The maximum Gasteiger partial charge on any atom is 0.272 e. The number of pyridine rings is 1. The monoisotopic (exact) mass is 303 g/mol. The molecule has 0 atom stereocenters. The molecule has 0 bridgehead atoms. The average Bonchev–Trinajstić information content (AvgIpc) is 2.97. The minimum atomic E-state index is -0.451. The van der Waals surface area contributed by atoms with Gasteiger partial charge in [0, 0.05) is 23.5 Å². The van der Waals surface area contributed by atoms with Gasteiger partial charge >= 0.3 is 0 Å². The maximum atomic E-state index is 12.2. The number of nitrogens with zero attached hydrogens (tertiary/aromatic N) is 3. The maximum absolute atomic E-state index is 12.2. The summed E-state index contributed by atoms with van der Waals surface area (Å²) in [5.41, 5.74) is 1.10. The number of phenolic OH excluding ortho intramolecular Hbond substituents is 1. The van der Waals surface area contributed by atoms with E-state index in [4.69, 9.17) is 10.5 Å². The van der Waals surface area contributed by atoms with E-state index < -0.39 is 5.56 Å². The Morgan fingerprint density at radius 1 is 1.13 bits per heavy atom. The minimum Gasteiger partial charge on any atom is -0.507 e. The number of H-pyrrole nitrogens is 2. The summed E-state index contributed by atoms with van der Waals surface area (Å²) in [7, 11) is 0. The van der Waals surface area contributed by atoms with E-state index in [1.807, 2.05) is 12.1 Å². The quantitative estimate of drug-likeness (QED) is 0.665. The van der Waals surface area contributed by atoms with Gasteiger partial charge in [-0.2, -0.15) is 10.5 Å². The molecule has 3 aromatic rings. The molecule has 7 heteroatoms. The Labute approximate surface area is 130 Å². The van der Waals surface area contributed by atoms with E-state index in [9.17, 15) is 9.90 Å². The van der Waals surface area contributed by atoms with E-state index in [-0.39, 0.29) is 28.0 Å². The third-order valence-corrected chi connectivity index (χ3v) is 3.37. The van der Waals surface area contributed by atoms with Crippen LogP contribution in [0.15, 0.2) is 41.5 Å². The lowest BCUT2D eigenvalue weighted by atomic mass is 9.97. The summed E-state index contributed by atoms with van der Waals surface area (Å²) < 4.78 is 0. The van der Waals surface area contributed by atoms with Gasteiger partial charge in [0.15, 0.2) is 0 Å². The van der Waals surface area contributed by atoms with Gasteiger partial charge in [-0.25, -0.2) is 0 Å². The first-order valence-corrected chi connectivity index (χ1v) is 6.54. The molecule has 7 nitrogen and oxygen atoms in total. The molecule has 110 valence electrons. The lowest BCUT2D eigenvalue weighted by molar-refractivity contribution is 0.477. The summed E-state index contributed by atoms with van der Waals surface area (Å²) in [5, 5.41) is 33.5. The molecule has 0 saturated carbocycles. The molecule has 0 aliphatic rings. The van der Waals surface area contributed by atoms with Crippen molar-refractivity contribution in [2.24, 2.45) is 0 Å². The molecule has 23 heavy (non-hydrogen) atoms. The Morgan fingerprint density at radius 2 is 1.87 bits per heavy atom. The van der Waals surface area contributed by atoms with Crippen LogP contribution in [0.4, 0.5) is 0 Å². The molecule has 0 radical (unpaired) electrons. The largest absolute Gasteiger partial charge is 0.507 e. The molecule has 3 N–H and O–H groups in total. The number of benzene rings is 1. The zero-order valence-corrected chi connectivity index (χ0v) is 11.7. The average molecular weight is 303 g/mol. The van der Waals surface area contributed by atoms with Gasteiger partial charge in [-0.1, -0.05) is 0 Å². The van der Waals surface area contributed by atoms with Crippen LogP contribution in [-0.4, -0.2) is 20.3 Å². The minimum absolute atomic E-state index is 0.0450. The van der Waals surface area contributed by atoms with Gasteiger partial charge in [-0.15, -0.1) is 0 Å². The molecule has 3 rings (SSSR count). The zero-order chi connectivity index (χ0) is 16.4. The molecular weight excluding hydrogens is 294 g/mol. The highest BCUT2D eigenvalue weighted by molar-refractivity contribution is 5.84. The predicted molar refractivity (Wildman–Crippen MR) is 81.2 cm³/mol. The second-order valence-electron chi connectivity index (χ2n) is 4.71. The summed E-state index contributed by atoms with van der Waals surface area (Å²) in [6.45, 7) is 0. The molecule has 1 aromatic carbocycles. The number of aromatic hydroxyl groups is 1. The van der Waals surface area contributed by atoms with Crippen LogP contribution in [0.3, 0.4) is 0 Å². The van der Waals surface area contributed by atoms with Crippen LogP contribution in [0, 0.1) is 22.7 Å². The fraction of sp³-hybridized carbons (Fsp3) is 0.